The lowest BCUT2D eigenvalue weighted by atomic mass is 10.0. The van der Waals surface area contributed by atoms with Gasteiger partial charge in [0.05, 0.1) is 22.8 Å². The number of aryl methyl sites for hydroxylation is 2. The number of phenols is 2. The molecule has 172 valence electrons. The van der Waals surface area contributed by atoms with Crippen molar-refractivity contribution in [2.24, 2.45) is 0 Å². The van der Waals surface area contributed by atoms with Crippen LogP contribution in [0.25, 0.3) is 17.3 Å². The summed E-state index contributed by atoms with van der Waals surface area (Å²) >= 11 is 6.54. The smallest absolute Gasteiger partial charge is 0.339 e. The number of hydrogen-bond acceptors (Lipinski definition) is 7. The van der Waals surface area contributed by atoms with E-state index in [1.165, 1.54) is 23.1 Å². The molecule has 1 saturated heterocycles. The first-order chi connectivity index (χ1) is 16.1. The van der Waals surface area contributed by atoms with Crippen molar-refractivity contribution in [3.05, 3.63) is 81.4 Å². The maximum atomic E-state index is 13.0. The van der Waals surface area contributed by atoms with Crippen molar-refractivity contribution < 1.29 is 24.9 Å². The fourth-order valence-electron chi connectivity index (χ4n) is 3.61. The molecule has 0 bridgehead atoms. The summed E-state index contributed by atoms with van der Waals surface area (Å²) in [4.78, 5) is 30.6. The Morgan fingerprint density at radius 1 is 1.12 bits per heavy atom. The maximum absolute atomic E-state index is 13.0. The molecule has 4 rings (SSSR count). The van der Waals surface area contributed by atoms with Crippen molar-refractivity contribution in [2.45, 2.75) is 20.4 Å². The summed E-state index contributed by atoms with van der Waals surface area (Å²) in [6, 6.07) is 13.4. The third-order valence-corrected chi connectivity index (χ3v) is 6.72. The molecule has 1 fully saturated rings. The molecular weight excluding hydrogens is 472 g/mol. The number of hydrogen-bond donors (Lipinski definition) is 3. The van der Waals surface area contributed by atoms with Crippen LogP contribution in [0.5, 0.6) is 11.5 Å². The zero-order chi connectivity index (χ0) is 24.6. The molecular formula is C25H20N2O5S2. The fraction of sp³-hybridized carbons (Fsp3) is 0.120. The molecule has 1 aromatic heterocycles. The van der Waals surface area contributed by atoms with Crippen LogP contribution in [0.2, 0.25) is 0 Å². The number of carbonyl (C=O) groups excluding carboxylic acids is 1. The summed E-state index contributed by atoms with van der Waals surface area (Å²) in [6.07, 6.45) is 1.67. The van der Waals surface area contributed by atoms with Gasteiger partial charge >= 0.3 is 5.97 Å². The van der Waals surface area contributed by atoms with Crippen LogP contribution in [0.15, 0.2) is 53.4 Å². The van der Waals surface area contributed by atoms with Crippen molar-refractivity contribution >= 4 is 46.3 Å². The van der Waals surface area contributed by atoms with Gasteiger partial charge in [0.1, 0.15) is 21.4 Å². The largest absolute Gasteiger partial charge is 0.507 e. The summed E-state index contributed by atoms with van der Waals surface area (Å²) in [5.74, 6) is -1.63. The monoisotopic (exact) mass is 492 g/mol. The average Bonchev–Trinajstić information content (AvgIpc) is 3.04. The molecule has 3 aromatic rings. The highest BCUT2D eigenvalue weighted by molar-refractivity contribution is 8.26. The van der Waals surface area contributed by atoms with E-state index in [-0.39, 0.29) is 29.5 Å². The number of aromatic nitrogens is 1. The van der Waals surface area contributed by atoms with Crippen molar-refractivity contribution in [1.82, 2.24) is 9.88 Å². The zero-order valence-corrected chi connectivity index (χ0v) is 19.9. The number of carbonyl (C=O) groups is 2. The third kappa shape index (κ3) is 4.66. The number of carboxylic acid groups (broad SMARTS) is 1. The van der Waals surface area contributed by atoms with Gasteiger partial charge in [0.2, 0.25) is 0 Å². The quantitative estimate of drug-likeness (QED) is 0.342. The van der Waals surface area contributed by atoms with Gasteiger partial charge in [0.25, 0.3) is 5.91 Å². The Balaban J connectivity index is 1.57. The second-order valence-corrected chi connectivity index (χ2v) is 9.51. The Kier molecular flexibility index (Phi) is 6.41. The summed E-state index contributed by atoms with van der Waals surface area (Å²) < 4.78 is 0.360. The van der Waals surface area contributed by atoms with Crippen molar-refractivity contribution in [1.29, 1.82) is 0 Å². The van der Waals surface area contributed by atoms with Crippen molar-refractivity contribution in [3.63, 3.8) is 0 Å². The number of amides is 1. The Labute approximate surface area is 205 Å². The second kappa shape index (κ2) is 9.28. The van der Waals surface area contributed by atoms with Gasteiger partial charge in [-0.05, 0) is 73.0 Å². The van der Waals surface area contributed by atoms with Crippen LogP contribution >= 0.6 is 24.0 Å². The minimum atomic E-state index is -1.23. The predicted molar refractivity (Wildman–Crippen MR) is 135 cm³/mol. The Morgan fingerprint density at radius 2 is 1.82 bits per heavy atom. The highest BCUT2D eigenvalue weighted by Gasteiger charge is 2.32. The SMILES string of the molecule is Cc1cc(-c2cccc(/C=C3\SC(=S)N(Cc4ccc(C(=O)O)c(O)c4)C3=O)n2)cc(C)c1O. The van der Waals surface area contributed by atoms with Gasteiger partial charge in [-0.1, -0.05) is 36.1 Å². The minimum Gasteiger partial charge on any atom is -0.507 e. The molecule has 1 amide bonds. The van der Waals surface area contributed by atoms with Crippen LogP contribution in [0.4, 0.5) is 0 Å². The lowest BCUT2D eigenvalue weighted by Gasteiger charge is -2.15. The molecule has 0 spiro atoms. The first kappa shape index (κ1) is 23.5. The van der Waals surface area contributed by atoms with E-state index in [9.17, 15) is 19.8 Å². The van der Waals surface area contributed by atoms with E-state index in [1.54, 1.807) is 12.1 Å². The molecule has 9 heteroatoms. The number of rotatable bonds is 5. The van der Waals surface area contributed by atoms with Gasteiger partial charge < -0.3 is 15.3 Å². The summed E-state index contributed by atoms with van der Waals surface area (Å²) in [7, 11) is 0. The van der Waals surface area contributed by atoms with Crippen LogP contribution in [0.1, 0.15) is 32.7 Å². The third-order valence-electron chi connectivity index (χ3n) is 5.34. The highest BCUT2D eigenvalue weighted by atomic mass is 32.2. The number of nitrogens with zero attached hydrogens (tertiary/aromatic N) is 2. The van der Waals surface area contributed by atoms with Gasteiger partial charge in [-0.25, -0.2) is 9.78 Å². The number of thioether (sulfide) groups is 1. The molecule has 0 saturated carbocycles. The molecule has 0 radical (unpaired) electrons. The van der Waals surface area contributed by atoms with Gasteiger partial charge in [0, 0.05) is 5.56 Å². The molecule has 2 heterocycles. The first-order valence-corrected chi connectivity index (χ1v) is 11.4. The molecule has 1 aliphatic rings. The molecule has 1 aliphatic heterocycles. The van der Waals surface area contributed by atoms with E-state index < -0.39 is 5.97 Å². The first-order valence-electron chi connectivity index (χ1n) is 10.2. The van der Waals surface area contributed by atoms with Crippen LogP contribution in [-0.4, -0.2) is 41.4 Å². The zero-order valence-electron chi connectivity index (χ0n) is 18.3. The Hall–Kier alpha value is -3.69. The molecule has 34 heavy (non-hydrogen) atoms. The molecule has 0 atom stereocenters. The van der Waals surface area contributed by atoms with E-state index in [0.29, 0.717) is 26.2 Å². The van der Waals surface area contributed by atoms with Gasteiger partial charge in [0.15, 0.2) is 0 Å². The molecule has 0 unspecified atom stereocenters. The van der Waals surface area contributed by atoms with E-state index in [4.69, 9.17) is 17.3 Å². The van der Waals surface area contributed by atoms with Crippen LogP contribution in [0, 0.1) is 13.8 Å². The summed E-state index contributed by atoms with van der Waals surface area (Å²) in [6.45, 7) is 3.76. The van der Waals surface area contributed by atoms with Gasteiger partial charge in [-0.15, -0.1) is 0 Å². The van der Waals surface area contributed by atoms with E-state index >= 15 is 0 Å². The lowest BCUT2D eigenvalue weighted by molar-refractivity contribution is -0.122. The molecule has 0 aliphatic carbocycles. The number of aromatic hydroxyl groups is 2. The van der Waals surface area contributed by atoms with Crippen LogP contribution in [-0.2, 0) is 11.3 Å². The molecule has 7 nitrogen and oxygen atoms in total. The standard InChI is InChI=1S/C25H20N2O5S2/c1-13-8-16(9-14(2)22(13)29)19-5-3-4-17(26-19)11-21-23(30)27(25(33)34-21)12-15-6-7-18(24(31)32)20(28)10-15/h3-11,28-29H,12H2,1-2H3,(H,31,32)/b21-11-. The second-order valence-electron chi connectivity index (χ2n) is 7.83. The number of benzene rings is 2. The van der Waals surface area contributed by atoms with E-state index in [2.05, 4.69) is 4.98 Å². The summed E-state index contributed by atoms with van der Waals surface area (Å²) in [5.41, 5.74) is 4.02. The topological polar surface area (TPSA) is 111 Å². The van der Waals surface area contributed by atoms with Crippen molar-refractivity contribution in [2.75, 3.05) is 0 Å². The van der Waals surface area contributed by atoms with Gasteiger partial charge in [-0.3, -0.25) is 9.69 Å². The average molecular weight is 493 g/mol. The Morgan fingerprint density at radius 3 is 2.47 bits per heavy atom. The van der Waals surface area contributed by atoms with Crippen molar-refractivity contribution in [3.8, 4) is 22.8 Å². The van der Waals surface area contributed by atoms with Crippen LogP contribution in [0.3, 0.4) is 0 Å². The van der Waals surface area contributed by atoms with E-state index in [1.807, 2.05) is 38.1 Å². The summed E-state index contributed by atoms with van der Waals surface area (Å²) in [5, 5.41) is 29.0. The highest BCUT2D eigenvalue weighted by Crippen LogP contribution is 2.34. The normalized spacial score (nSPS) is 14.8. The van der Waals surface area contributed by atoms with Gasteiger partial charge in [-0.2, -0.15) is 0 Å². The van der Waals surface area contributed by atoms with Crippen LogP contribution < -0.4 is 0 Å². The maximum Gasteiger partial charge on any atom is 0.339 e. The predicted octanol–water partition coefficient (Wildman–Crippen LogP) is 4.88. The van der Waals surface area contributed by atoms with E-state index in [0.717, 1.165) is 28.5 Å². The molecule has 3 N–H and O–H groups in total. The molecule has 2 aromatic carbocycles. The fourth-order valence-corrected chi connectivity index (χ4v) is 4.85. The number of phenolic OH excluding ortho intramolecular Hbond substituents is 1. The Bertz CT molecular complexity index is 1360. The number of carboxylic acids is 1. The number of thiocarbonyl (C=S) groups is 1. The number of aromatic carboxylic acids is 1. The minimum absolute atomic E-state index is 0.106. The lowest BCUT2D eigenvalue weighted by Crippen LogP contribution is -2.27. The number of pyridine rings is 1.